The fourth-order valence-corrected chi connectivity index (χ4v) is 4.46. The largest absolute Gasteiger partial charge is 0.496 e. The molecule has 152 valence electrons. The van der Waals surface area contributed by atoms with Crippen molar-refractivity contribution in [3.05, 3.63) is 65.7 Å². The number of ether oxygens (including phenoxy) is 2. The van der Waals surface area contributed by atoms with Crippen LogP contribution in [0.5, 0.6) is 5.75 Å². The Bertz CT molecular complexity index is 730. The van der Waals surface area contributed by atoms with Gasteiger partial charge in [-0.15, -0.1) is 0 Å². The van der Waals surface area contributed by atoms with Gasteiger partial charge < -0.3 is 14.8 Å². The van der Waals surface area contributed by atoms with E-state index in [1.54, 1.807) is 7.11 Å². The summed E-state index contributed by atoms with van der Waals surface area (Å²) in [5.74, 6) is 1.52. The number of hydrogen-bond acceptors (Lipinski definition) is 3. The number of para-hydroxylation sites is 1. The molecule has 1 aliphatic rings. The maximum atomic E-state index is 6.13. The van der Waals surface area contributed by atoms with Gasteiger partial charge in [-0.3, -0.25) is 0 Å². The number of benzene rings is 2. The lowest BCUT2D eigenvalue weighted by atomic mass is 9.68. The van der Waals surface area contributed by atoms with Crippen LogP contribution in [0.2, 0.25) is 0 Å². The zero-order chi connectivity index (χ0) is 20.0. The molecule has 3 atom stereocenters. The van der Waals surface area contributed by atoms with Gasteiger partial charge in [0.05, 0.1) is 13.2 Å². The number of nitrogens with one attached hydrogen (secondary N) is 1. The van der Waals surface area contributed by atoms with E-state index >= 15 is 0 Å². The summed E-state index contributed by atoms with van der Waals surface area (Å²) in [6.07, 6.45) is 3.46. The van der Waals surface area contributed by atoms with E-state index in [0.29, 0.717) is 18.1 Å². The molecule has 0 saturated carbocycles. The molecule has 1 N–H and O–H groups in total. The van der Waals surface area contributed by atoms with Gasteiger partial charge in [-0.05, 0) is 50.3 Å². The third-order valence-corrected chi connectivity index (χ3v) is 6.28. The predicted molar refractivity (Wildman–Crippen MR) is 116 cm³/mol. The van der Waals surface area contributed by atoms with Gasteiger partial charge in [0.2, 0.25) is 0 Å². The number of methoxy groups -OCH3 is 1. The third kappa shape index (κ3) is 4.76. The topological polar surface area (TPSA) is 30.5 Å². The van der Waals surface area contributed by atoms with Crippen molar-refractivity contribution in [1.29, 1.82) is 0 Å². The van der Waals surface area contributed by atoms with Gasteiger partial charge in [0.15, 0.2) is 0 Å². The van der Waals surface area contributed by atoms with Gasteiger partial charge in [-0.2, -0.15) is 0 Å². The smallest absolute Gasteiger partial charge is 0.122 e. The molecule has 3 rings (SSSR count). The van der Waals surface area contributed by atoms with Crippen molar-refractivity contribution in [3.8, 4) is 5.75 Å². The van der Waals surface area contributed by atoms with Crippen LogP contribution in [0.15, 0.2) is 54.6 Å². The zero-order valence-corrected chi connectivity index (χ0v) is 17.8. The van der Waals surface area contributed by atoms with E-state index in [0.717, 1.165) is 38.2 Å². The van der Waals surface area contributed by atoms with Crippen molar-refractivity contribution >= 4 is 0 Å². The molecule has 1 aliphatic heterocycles. The summed E-state index contributed by atoms with van der Waals surface area (Å²) in [6, 6.07) is 19.6. The zero-order valence-electron chi connectivity index (χ0n) is 17.8. The highest BCUT2D eigenvalue weighted by molar-refractivity contribution is 5.40. The molecule has 1 heterocycles. The minimum atomic E-state index is 0.0865. The Kier molecular flexibility index (Phi) is 7.14. The van der Waals surface area contributed by atoms with E-state index in [1.165, 1.54) is 11.1 Å². The Labute approximate surface area is 170 Å². The second kappa shape index (κ2) is 9.58. The summed E-state index contributed by atoms with van der Waals surface area (Å²) >= 11 is 0. The van der Waals surface area contributed by atoms with Gasteiger partial charge in [-0.1, -0.05) is 62.4 Å². The van der Waals surface area contributed by atoms with Crippen LogP contribution in [0.25, 0.3) is 0 Å². The highest BCUT2D eigenvalue weighted by atomic mass is 16.5. The van der Waals surface area contributed by atoms with Crippen molar-refractivity contribution < 1.29 is 9.47 Å². The quantitative estimate of drug-likeness (QED) is 0.654. The SMILES string of the molecule is COc1ccccc1[C@]1(CCN[C@@H](C)c2ccccc2)CCO[C@H](C(C)C)C1. The molecule has 0 aromatic heterocycles. The Balaban J connectivity index is 1.79. The summed E-state index contributed by atoms with van der Waals surface area (Å²) in [4.78, 5) is 0. The summed E-state index contributed by atoms with van der Waals surface area (Å²) in [5, 5.41) is 3.74. The highest BCUT2D eigenvalue weighted by Crippen LogP contribution is 2.45. The first-order valence-corrected chi connectivity index (χ1v) is 10.6. The van der Waals surface area contributed by atoms with Crippen LogP contribution in [-0.4, -0.2) is 26.4 Å². The molecule has 0 spiro atoms. The van der Waals surface area contributed by atoms with Crippen LogP contribution in [-0.2, 0) is 10.2 Å². The lowest BCUT2D eigenvalue weighted by Gasteiger charge is -2.43. The van der Waals surface area contributed by atoms with Crippen molar-refractivity contribution in [2.24, 2.45) is 5.92 Å². The van der Waals surface area contributed by atoms with Crippen LogP contribution in [0, 0.1) is 5.92 Å². The van der Waals surface area contributed by atoms with Gasteiger partial charge in [0.25, 0.3) is 0 Å². The van der Waals surface area contributed by atoms with Crippen molar-refractivity contribution in [2.45, 2.75) is 57.6 Å². The number of rotatable bonds is 8. The van der Waals surface area contributed by atoms with Gasteiger partial charge in [0, 0.05) is 23.6 Å². The fraction of sp³-hybridized carbons (Fsp3) is 0.520. The van der Waals surface area contributed by atoms with Crippen LogP contribution in [0.4, 0.5) is 0 Å². The lowest BCUT2D eigenvalue weighted by Crippen LogP contribution is -2.43. The summed E-state index contributed by atoms with van der Waals surface area (Å²) < 4.78 is 11.9. The van der Waals surface area contributed by atoms with E-state index in [4.69, 9.17) is 9.47 Å². The predicted octanol–water partition coefficient (Wildman–Crippen LogP) is 5.51. The molecule has 2 aromatic carbocycles. The maximum Gasteiger partial charge on any atom is 0.122 e. The Morgan fingerprint density at radius 2 is 1.79 bits per heavy atom. The van der Waals surface area contributed by atoms with Crippen molar-refractivity contribution in [2.75, 3.05) is 20.3 Å². The molecule has 0 radical (unpaired) electrons. The minimum Gasteiger partial charge on any atom is -0.496 e. The molecule has 28 heavy (non-hydrogen) atoms. The Hall–Kier alpha value is -1.84. The average Bonchev–Trinajstić information content (AvgIpc) is 2.74. The van der Waals surface area contributed by atoms with E-state index in [2.05, 4.69) is 80.7 Å². The second-order valence-corrected chi connectivity index (χ2v) is 8.42. The lowest BCUT2D eigenvalue weighted by molar-refractivity contribution is -0.0474. The maximum absolute atomic E-state index is 6.13. The van der Waals surface area contributed by atoms with E-state index in [-0.39, 0.29) is 5.41 Å². The van der Waals surface area contributed by atoms with E-state index < -0.39 is 0 Å². The molecule has 1 saturated heterocycles. The normalized spacial score (nSPS) is 23.5. The second-order valence-electron chi connectivity index (χ2n) is 8.42. The van der Waals surface area contributed by atoms with Gasteiger partial charge in [0.1, 0.15) is 5.75 Å². The van der Waals surface area contributed by atoms with Crippen LogP contribution < -0.4 is 10.1 Å². The fourth-order valence-electron chi connectivity index (χ4n) is 4.46. The standard InChI is InChI=1S/C25H35NO2/c1-19(2)24-18-25(15-17-28-24,22-12-8-9-13-23(22)27-4)14-16-26-20(3)21-10-6-5-7-11-21/h5-13,19-20,24,26H,14-18H2,1-4H3/t20-,24-,25+/m0/s1. The molecular formula is C25H35NO2. The summed E-state index contributed by atoms with van der Waals surface area (Å²) in [7, 11) is 1.78. The molecule has 3 nitrogen and oxygen atoms in total. The molecular weight excluding hydrogens is 346 g/mol. The molecule has 0 aliphatic carbocycles. The first-order chi connectivity index (χ1) is 13.6. The van der Waals surface area contributed by atoms with Gasteiger partial charge in [-0.25, -0.2) is 0 Å². The van der Waals surface area contributed by atoms with Crippen molar-refractivity contribution in [3.63, 3.8) is 0 Å². The molecule has 3 heteroatoms. The first-order valence-electron chi connectivity index (χ1n) is 10.6. The van der Waals surface area contributed by atoms with Crippen LogP contribution >= 0.6 is 0 Å². The average molecular weight is 382 g/mol. The number of hydrogen-bond donors (Lipinski definition) is 1. The van der Waals surface area contributed by atoms with Crippen molar-refractivity contribution in [1.82, 2.24) is 5.32 Å². The summed E-state index contributed by atoms with van der Waals surface area (Å²) in [5.41, 5.74) is 2.75. The third-order valence-electron chi connectivity index (χ3n) is 6.28. The molecule has 0 unspecified atom stereocenters. The Morgan fingerprint density at radius 1 is 1.07 bits per heavy atom. The first kappa shape index (κ1) is 20.9. The monoisotopic (exact) mass is 381 g/mol. The van der Waals surface area contributed by atoms with Crippen LogP contribution in [0.3, 0.4) is 0 Å². The molecule has 1 fully saturated rings. The van der Waals surface area contributed by atoms with E-state index in [1.807, 2.05) is 0 Å². The highest BCUT2D eigenvalue weighted by Gasteiger charge is 2.40. The molecule has 0 amide bonds. The summed E-state index contributed by atoms with van der Waals surface area (Å²) in [6.45, 7) is 8.55. The van der Waals surface area contributed by atoms with Gasteiger partial charge >= 0.3 is 0 Å². The molecule has 0 bridgehead atoms. The molecule has 2 aromatic rings. The minimum absolute atomic E-state index is 0.0865. The van der Waals surface area contributed by atoms with Crippen LogP contribution in [0.1, 0.15) is 57.2 Å². The van der Waals surface area contributed by atoms with E-state index in [9.17, 15) is 0 Å². The Morgan fingerprint density at radius 3 is 2.50 bits per heavy atom.